The second-order valence-corrected chi connectivity index (χ2v) is 4.88. The lowest BCUT2D eigenvalue weighted by molar-refractivity contribution is 0.240. The van der Waals surface area contributed by atoms with Gasteiger partial charge < -0.3 is 5.73 Å². The molecule has 2 N–H and O–H groups in total. The van der Waals surface area contributed by atoms with Crippen LogP contribution in [0.5, 0.6) is 0 Å². The van der Waals surface area contributed by atoms with E-state index in [0.717, 1.165) is 24.0 Å². The number of halogens is 1. The van der Waals surface area contributed by atoms with Crippen LogP contribution in [0.25, 0.3) is 0 Å². The van der Waals surface area contributed by atoms with Crippen LogP contribution < -0.4 is 5.73 Å². The molecule has 2 nitrogen and oxygen atoms in total. The van der Waals surface area contributed by atoms with Gasteiger partial charge in [-0.2, -0.15) is 0 Å². The molecule has 0 radical (unpaired) electrons. The van der Waals surface area contributed by atoms with E-state index in [-0.39, 0.29) is 0 Å². The Morgan fingerprint density at radius 2 is 1.93 bits per heavy atom. The van der Waals surface area contributed by atoms with Crippen LogP contribution in [0, 0.1) is 0 Å². The molecule has 0 spiro atoms. The predicted octanol–water partition coefficient (Wildman–Crippen LogP) is 2.62. The first kappa shape index (κ1) is 12.7. The zero-order valence-corrected chi connectivity index (χ0v) is 11.0. The molecule has 0 fully saturated rings. The highest BCUT2D eigenvalue weighted by molar-refractivity contribution is 9.10. The van der Waals surface area contributed by atoms with Gasteiger partial charge in [-0.1, -0.05) is 28.1 Å². The van der Waals surface area contributed by atoms with Crippen LogP contribution >= 0.6 is 15.9 Å². The summed E-state index contributed by atoms with van der Waals surface area (Å²) in [6.45, 7) is 3.95. The molecule has 84 valence electrons. The largest absolute Gasteiger partial charge is 0.330 e. The molecule has 0 aromatic heterocycles. The Hall–Kier alpha value is -0.380. The van der Waals surface area contributed by atoms with Crippen molar-refractivity contribution in [3.63, 3.8) is 0 Å². The second kappa shape index (κ2) is 6.26. The average molecular weight is 271 g/mol. The SMILES string of the molecule is CC(CCN)N(C)Cc1ccc(Br)cc1. The second-order valence-electron chi connectivity index (χ2n) is 3.97. The fourth-order valence-electron chi connectivity index (χ4n) is 1.50. The van der Waals surface area contributed by atoms with Crippen molar-refractivity contribution in [2.24, 2.45) is 5.73 Å². The molecule has 0 saturated heterocycles. The number of hydrogen-bond acceptors (Lipinski definition) is 2. The van der Waals surface area contributed by atoms with Crippen molar-refractivity contribution in [1.29, 1.82) is 0 Å². The van der Waals surface area contributed by atoms with Crippen molar-refractivity contribution in [1.82, 2.24) is 4.90 Å². The van der Waals surface area contributed by atoms with Crippen molar-refractivity contribution in [2.75, 3.05) is 13.6 Å². The van der Waals surface area contributed by atoms with Crippen molar-refractivity contribution in [2.45, 2.75) is 25.9 Å². The summed E-state index contributed by atoms with van der Waals surface area (Å²) in [6.07, 6.45) is 1.05. The standard InChI is InChI=1S/C12H19BrN2/c1-10(7-8-14)15(2)9-11-3-5-12(13)6-4-11/h3-6,10H,7-9,14H2,1-2H3. The summed E-state index contributed by atoms with van der Waals surface area (Å²) in [5.41, 5.74) is 6.89. The van der Waals surface area contributed by atoms with Gasteiger partial charge in [-0.05, 0) is 44.6 Å². The minimum atomic E-state index is 0.540. The molecule has 1 rings (SSSR count). The third-order valence-electron chi connectivity index (χ3n) is 2.68. The number of hydrogen-bond donors (Lipinski definition) is 1. The van der Waals surface area contributed by atoms with Gasteiger partial charge in [0.05, 0.1) is 0 Å². The highest BCUT2D eigenvalue weighted by Crippen LogP contribution is 2.13. The summed E-state index contributed by atoms with van der Waals surface area (Å²) in [6, 6.07) is 9.00. The van der Waals surface area contributed by atoms with Gasteiger partial charge in [0.1, 0.15) is 0 Å². The first-order chi connectivity index (χ1) is 7.13. The summed E-state index contributed by atoms with van der Waals surface area (Å²) >= 11 is 3.44. The topological polar surface area (TPSA) is 29.3 Å². The molecule has 0 aliphatic heterocycles. The lowest BCUT2D eigenvalue weighted by atomic mass is 10.1. The lowest BCUT2D eigenvalue weighted by Crippen LogP contribution is -2.30. The van der Waals surface area contributed by atoms with Crippen LogP contribution in [0.4, 0.5) is 0 Å². The van der Waals surface area contributed by atoms with Gasteiger partial charge in [-0.3, -0.25) is 4.90 Å². The molecule has 0 heterocycles. The van der Waals surface area contributed by atoms with E-state index in [9.17, 15) is 0 Å². The van der Waals surface area contributed by atoms with E-state index in [0.29, 0.717) is 6.04 Å². The van der Waals surface area contributed by atoms with Crippen molar-refractivity contribution in [3.05, 3.63) is 34.3 Å². The number of nitrogens with two attached hydrogens (primary N) is 1. The van der Waals surface area contributed by atoms with Crippen molar-refractivity contribution in [3.8, 4) is 0 Å². The molecular formula is C12H19BrN2. The summed E-state index contributed by atoms with van der Waals surface area (Å²) in [5, 5.41) is 0. The Kier molecular flexibility index (Phi) is 5.29. The van der Waals surface area contributed by atoms with Gasteiger partial charge in [0.25, 0.3) is 0 Å². The summed E-state index contributed by atoms with van der Waals surface area (Å²) < 4.78 is 1.13. The summed E-state index contributed by atoms with van der Waals surface area (Å²) in [7, 11) is 2.14. The Labute approximate surface area is 101 Å². The molecule has 1 atom stereocenters. The van der Waals surface area contributed by atoms with Gasteiger partial charge in [-0.25, -0.2) is 0 Å². The van der Waals surface area contributed by atoms with E-state index in [2.05, 4.69) is 59.1 Å². The van der Waals surface area contributed by atoms with E-state index >= 15 is 0 Å². The third-order valence-corrected chi connectivity index (χ3v) is 3.21. The maximum Gasteiger partial charge on any atom is 0.0233 e. The molecule has 1 unspecified atom stereocenters. The fourth-order valence-corrected chi connectivity index (χ4v) is 1.76. The molecule has 15 heavy (non-hydrogen) atoms. The van der Waals surface area contributed by atoms with Crippen LogP contribution in [-0.4, -0.2) is 24.5 Å². The van der Waals surface area contributed by atoms with E-state index in [1.54, 1.807) is 0 Å². The molecule has 0 amide bonds. The minimum absolute atomic E-state index is 0.540. The van der Waals surface area contributed by atoms with Crippen LogP contribution in [0.3, 0.4) is 0 Å². The zero-order valence-electron chi connectivity index (χ0n) is 9.41. The van der Waals surface area contributed by atoms with Crippen molar-refractivity contribution >= 4 is 15.9 Å². The quantitative estimate of drug-likeness (QED) is 0.892. The van der Waals surface area contributed by atoms with E-state index in [1.807, 2.05) is 0 Å². The Bertz CT molecular complexity index is 284. The van der Waals surface area contributed by atoms with Crippen LogP contribution in [-0.2, 0) is 6.54 Å². The maximum absolute atomic E-state index is 5.55. The molecule has 3 heteroatoms. The number of rotatable bonds is 5. The first-order valence-corrected chi connectivity index (χ1v) is 6.07. The molecule has 1 aromatic rings. The van der Waals surface area contributed by atoms with Crippen LogP contribution in [0.15, 0.2) is 28.7 Å². The molecule has 1 aromatic carbocycles. The molecule has 0 bridgehead atoms. The minimum Gasteiger partial charge on any atom is -0.330 e. The Balaban J connectivity index is 2.50. The molecule has 0 aliphatic rings. The molecular weight excluding hydrogens is 252 g/mol. The monoisotopic (exact) mass is 270 g/mol. The summed E-state index contributed by atoms with van der Waals surface area (Å²) in [4.78, 5) is 2.33. The van der Waals surface area contributed by atoms with Crippen molar-refractivity contribution < 1.29 is 0 Å². The fraction of sp³-hybridized carbons (Fsp3) is 0.500. The smallest absolute Gasteiger partial charge is 0.0233 e. The van der Waals surface area contributed by atoms with Crippen LogP contribution in [0.2, 0.25) is 0 Å². The Morgan fingerprint density at radius 3 is 2.47 bits per heavy atom. The normalized spacial score (nSPS) is 13.1. The molecule has 0 aliphatic carbocycles. The predicted molar refractivity (Wildman–Crippen MR) is 68.7 cm³/mol. The third kappa shape index (κ3) is 4.33. The molecule has 0 saturated carbocycles. The first-order valence-electron chi connectivity index (χ1n) is 5.28. The van der Waals surface area contributed by atoms with E-state index < -0.39 is 0 Å². The van der Waals surface area contributed by atoms with Gasteiger partial charge in [0.2, 0.25) is 0 Å². The highest BCUT2D eigenvalue weighted by Gasteiger charge is 2.08. The van der Waals surface area contributed by atoms with E-state index in [4.69, 9.17) is 5.73 Å². The highest BCUT2D eigenvalue weighted by atomic mass is 79.9. The van der Waals surface area contributed by atoms with Gasteiger partial charge in [-0.15, -0.1) is 0 Å². The average Bonchev–Trinajstić information content (AvgIpc) is 2.22. The van der Waals surface area contributed by atoms with Gasteiger partial charge >= 0.3 is 0 Å². The van der Waals surface area contributed by atoms with E-state index in [1.165, 1.54) is 5.56 Å². The maximum atomic E-state index is 5.55. The summed E-state index contributed by atoms with van der Waals surface area (Å²) in [5.74, 6) is 0. The zero-order chi connectivity index (χ0) is 11.3. The van der Waals surface area contributed by atoms with Gasteiger partial charge in [0.15, 0.2) is 0 Å². The number of nitrogens with zero attached hydrogens (tertiary/aromatic N) is 1. The van der Waals surface area contributed by atoms with Gasteiger partial charge in [0, 0.05) is 17.1 Å². The lowest BCUT2D eigenvalue weighted by Gasteiger charge is -2.24. The number of benzene rings is 1. The van der Waals surface area contributed by atoms with Crippen LogP contribution in [0.1, 0.15) is 18.9 Å². The Morgan fingerprint density at radius 1 is 1.33 bits per heavy atom.